The van der Waals surface area contributed by atoms with Gasteiger partial charge in [-0.05, 0) is 29.8 Å². The number of nitrogens with one attached hydrogen (secondary N) is 2. The Hall–Kier alpha value is -3.42. The van der Waals surface area contributed by atoms with Gasteiger partial charge in [0.05, 0.1) is 24.2 Å². The maximum Gasteiger partial charge on any atom is 0.230 e. The Morgan fingerprint density at radius 1 is 1.37 bits per heavy atom. The minimum atomic E-state index is -0.352. The van der Waals surface area contributed by atoms with Crippen molar-refractivity contribution >= 4 is 23.5 Å². The molecule has 0 aliphatic carbocycles. The summed E-state index contributed by atoms with van der Waals surface area (Å²) in [7, 11) is 1.69. The Bertz CT molecular complexity index is 993. The zero-order valence-corrected chi connectivity index (χ0v) is 14.5. The first-order chi connectivity index (χ1) is 13.0. The molecule has 2 N–H and O–H groups in total. The highest BCUT2D eigenvalue weighted by atomic mass is 19.1. The van der Waals surface area contributed by atoms with Crippen molar-refractivity contribution in [3.63, 3.8) is 0 Å². The van der Waals surface area contributed by atoms with Gasteiger partial charge in [-0.25, -0.2) is 4.39 Å². The lowest BCUT2D eigenvalue weighted by atomic mass is 9.91. The second-order valence-electron chi connectivity index (χ2n) is 6.41. The summed E-state index contributed by atoms with van der Waals surface area (Å²) < 4.78 is 20.0. The standard InChI is InChI=1S/C19H17FN4O3/c1-24-19-17(13(10-16(26)22-19)14-3-2-8-27-14)18(23-24)21-15(25)9-11-4-6-12(20)7-5-11/h2-8,13H,9-10H2,1H3,(H,22,26)(H,21,23,25)/t13-/m1/s1. The van der Waals surface area contributed by atoms with Crippen LogP contribution in [-0.2, 0) is 23.1 Å². The summed E-state index contributed by atoms with van der Waals surface area (Å²) in [5.74, 6) is 0.432. The summed E-state index contributed by atoms with van der Waals surface area (Å²) >= 11 is 0. The molecular weight excluding hydrogens is 351 g/mol. The summed E-state index contributed by atoms with van der Waals surface area (Å²) in [6, 6.07) is 9.31. The Kier molecular flexibility index (Phi) is 4.23. The third-order valence-corrected chi connectivity index (χ3v) is 4.50. The van der Waals surface area contributed by atoms with Crippen LogP contribution in [0.3, 0.4) is 0 Å². The summed E-state index contributed by atoms with van der Waals surface area (Å²) in [5.41, 5.74) is 1.40. The maximum atomic E-state index is 13.0. The number of aromatic nitrogens is 2. The predicted molar refractivity (Wildman–Crippen MR) is 95.7 cm³/mol. The number of anilines is 2. The molecule has 0 radical (unpaired) electrons. The molecule has 0 spiro atoms. The first-order valence-corrected chi connectivity index (χ1v) is 8.45. The van der Waals surface area contributed by atoms with Crippen LogP contribution in [0.15, 0.2) is 47.1 Å². The molecule has 2 aromatic heterocycles. The molecule has 0 saturated carbocycles. The summed E-state index contributed by atoms with van der Waals surface area (Å²) in [4.78, 5) is 24.5. The molecule has 0 unspecified atom stereocenters. The van der Waals surface area contributed by atoms with Gasteiger partial charge in [-0.1, -0.05) is 12.1 Å². The van der Waals surface area contributed by atoms with E-state index in [1.54, 1.807) is 37.6 Å². The van der Waals surface area contributed by atoms with Crippen molar-refractivity contribution in [2.24, 2.45) is 7.05 Å². The molecule has 27 heavy (non-hydrogen) atoms. The number of nitrogens with zero attached hydrogens (tertiary/aromatic N) is 2. The molecular formula is C19H17FN4O3. The average Bonchev–Trinajstić information content (AvgIpc) is 3.26. The van der Waals surface area contributed by atoms with Crippen molar-refractivity contribution in [1.82, 2.24) is 9.78 Å². The molecule has 1 aliphatic rings. The van der Waals surface area contributed by atoms with Crippen LogP contribution < -0.4 is 10.6 Å². The van der Waals surface area contributed by atoms with Crippen LogP contribution in [0.5, 0.6) is 0 Å². The van der Waals surface area contributed by atoms with E-state index >= 15 is 0 Å². The first-order valence-electron chi connectivity index (χ1n) is 8.45. The van der Waals surface area contributed by atoms with Crippen molar-refractivity contribution in [2.75, 3.05) is 10.6 Å². The zero-order chi connectivity index (χ0) is 19.0. The second-order valence-corrected chi connectivity index (χ2v) is 6.41. The van der Waals surface area contributed by atoms with Gasteiger partial charge in [-0.15, -0.1) is 0 Å². The van der Waals surface area contributed by atoms with Crippen molar-refractivity contribution in [3.8, 4) is 0 Å². The number of amides is 2. The summed E-state index contributed by atoms with van der Waals surface area (Å²) in [5, 5.41) is 9.95. The minimum Gasteiger partial charge on any atom is -0.469 e. The van der Waals surface area contributed by atoms with E-state index in [2.05, 4.69) is 15.7 Å². The molecule has 1 atom stereocenters. The van der Waals surface area contributed by atoms with Gasteiger partial charge in [-0.2, -0.15) is 5.10 Å². The van der Waals surface area contributed by atoms with Crippen LogP contribution in [0.2, 0.25) is 0 Å². The predicted octanol–water partition coefficient (Wildman–Crippen LogP) is 2.81. The maximum absolute atomic E-state index is 13.0. The minimum absolute atomic E-state index is 0.0867. The van der Waals surface area contributed by atoms with Gasteiger partial charge in [-0.3, -0.25) is 14.3 Å². The van der Waals surface area contributed by atoms with E-state index in [4.69, 9.17) is 4.42 Å². The summed E-state index contributed by atoms with van der Waals surface area (Å²) in [6.45, 7) is 0. The average molecular weight is 368 g/mol. The van der Waals surface area contributed by atoms with Crippen molar-refractivity contribution in [2.45, 2.75) is 18.8 Å². The van der Waals surface area contributed by atoms with Crippen LogP contribution >= 0.6 is 0 Å². The second kappa shape index (κ2) is 6.71. The first kappa shape index (κ1) is 17.0. The lowest BCUT2D eigenvalue weighted by Gasteiger charge is -2.22. The third-order valence-electron chi connectivity index (χ3n) is 4.50. The number of benzene rings is 1. The molecule has 7 nitrogen and oxygen atoms in total. The molecule has 4 rings (SSSR count). The van der Waals surface area contributed by atoms with E-state index < -0.39 is 0 Å². The van der Waals surface area contributed by atoms with E-state index in [1.807, 2.05) is 0 Å². The molecule has 3 heterocycles. The highest BCUT2D eigenvalue weighted by Crippen LogP contribution is 2.41. The molecule has 138 valence electrons. The molecule has 1 aliphatic heterocycles. The van der Waals surface area contributed by atoms with Crippen LogP contribution in [0.1, 0.15) is 29.2 Å². The van der Waals surface area contributed by atoms with Crippen LogP contribution in [0.25, 0.3) is 0 Å². The fourth-order valence-corrected chi connectivity index (χ4v) is 3.28. The van der Waals surface area contributed by atoms with Gasteiger partial charge in [0.2, 0.25) is 11.8 Å². The molecule has 8 heteroatoms. The molecule has 0 saturated heterocycles. The lowest BCUT2D eigenvalue weighted by Crippen LogP contribution is -2.25. The zero-order valence-electron chi connectivity index (χ0n) is 14.5. The van der Waals surface area contributed by atoms with Gasteiger partial charge < -0.3 is 15.1 Å². The van der Waals surface area contributed by atoms with Crippen molar-refractivity contribution < 1.29 is 18.4 Å². The van der Waals surface area contributed by atoms with Crippen LogP contribution in [-0.4, -0.2) is 21.6 Å². The van der Waals surface area contributed by atoms with Crippen molar-refractivity contribution in [1.29, 1.82) is 0 Å². The molecule has 1 aromatic carbocycles. The quantitative estimate of drug-likeness (QED) is 0.741. The van der Waals surface area contributed by atoms with Crippen molar-refractivity contribution in [3.05, 3.63) is 65.4 Å². The Morgan fingerprint density at radius 3 is 2.85 bits per heavy atom. The van der Waals surface area contributed by atoms with Gasteiger partial charge in [0.25, 0.3) is 0 Å². The molecule has 0 fully saturated rings. The Balaban J connectivity index is 1.62. The molecule has 0 bridgehead atoms. The number of hydrogen-bond donors (Lipinski definition) is 2. The van der Waals surface area contributed by atoms with Crippen LogP contribution in [0.4, 0.5) is 16.0 Å². The molecule has 3 aromatic rings. The van der Waals surface area contributed by atoms with Gasteiger partial charge >= 0.3 is 0 Å². The number of hydrogen-bond acceptors (Lipinski definition) is 4. The number of rotatable bonds is 4. The number of furan rings is 1. The number of carbonyl (C=O) groups is 2. The van der Waals surface area contributed by atoms with E-state index in [1.165, 1.54) is 16.8 Å². The Morgan fingerprint density at radius 2 is 2.15 bits per heavy atom. The van der Waals surface area contributed by atoms with E-state index in [9.17, 15) is 14.0 Å². The van der Waals surface area contributed by atoms with Crippen LogP contribution in [0, 0.1) is 5.82 Å². The molecule has 2 amide bonds. The van der Waals surface area contributed by atoms with Gasteiger partial charge in [0, 0.05) is 13.5 Å². The largest absolute Gasteiger partial charge is 0.469 e. The fourth-order valence-electron chi connectivity index (χ4n) is 3.28. The summed E-state index contributed by atoms with van der Waals surface area (Å²) in [6.07, 6.45) is 1.83. The van der Waals surface area contributed by atoms with E-state index in [0.29, 0.717) is 28.5 Å². The highest BCUT2D eigenvalue weighted by molar-refractivity contribution is 5.98. The SMILES string of the molecule is Cn1nc(NC(=O)Cc2ccc(F)cc2)c2c1NC(=O)C[C@@H]2c1ccco1. The Labute approximate surface area is 154 Å². The number of halogens is 1. The smallest absolute Gasteiger partial charge is 0.230 e. The monoisotopic (exact) mass is 368 g/mol. The third kappa shape index (κ3) is 3.33. The lowest BCUT2D eigenvalue weighted by molar-refractivity contribution is -0.117. The van der Waals surface area contributed by atoms with Gasteiger partial charge in [0.1, 0.15) is 17.4 Å². The van der Waals surface area contributed by atoms with E-state index in [0.717, 1.165) is 0 Å². The number of aryl methyl sites for hydroxylation is 1. The number of fused-ring (bicyclic) bond motifs is 1. The van der Waals surface area contributed by atoms with E-state index in [-0.39, 0.29) is 36.4 Å². The van der Waals surface area contributed by atoms with Gasteiger partial charge in [0.15, 0.2) is 5.82 Å². The topological polar surface area (TPSA) is 89.2 Å². The fraction of sp³-hybridized carbons (Fsp3) is 0.211. The highest BCUT2D eigenvalue weighted by Gasteiger charge is 2.34. The normalized spacial score (nSPS) is 15.9. The number of carbonyl (C=O) groups excluding carboxylic acids is 2.